The van der Waals surface area contributed by atoms with E-state index < -0.39 is 42.8 Å². The number of hydrogen-bond donors (Lipinski definition) is 1. The number of carboxylic acid groups (broad SMARTS) is 1. The lowest BCUT2D eigenvalue weighted by Crippen LogP contribution is -2.62. The fourth-order valence-electron chi connectivity index (χ4n) is 0.981. The minimum Gasteiger partial charge on any atom is -0.481 e. The molecule has 0 aromatic carbocycles. The fourth-order valence-corrected chi connectivity index (χ4v) is 0.981. The maximum absolute atomic E-state index is 13.1. The smallest absolute Gasteiger partial charge is 0.457 e. The number of hydrogen-bond acceptors (Lipinski definition) is 1. The number of carbonyl (C=O) groups is 1. The predicted octanol–water partition coefficient (Wildman–Crippen LogP) is 3.32. The van der Waals surface area contributed by atoms with Crippen LogP contribution in [0.2, 0.25) is 0 Å². The molecule has 0 saturated heterocycles. The van der Waals surface area contributed by atoms with Gasteiger partial charge in [-0.05, 0) is 0 Å². The Balaban J connectivity index is 5.56. The van der Waals surface area contributed by atoms with Crippen LogP contribution < -0.4 is 0 Å². The Hall–Kier alpha value is -1.16. The lowest BCUT2D eigenvalue weighted by atomic mass is 9.90. The number of rotatable bonds is 4. The summed E-state index contributed by atoms with van der Waals surface area (Å²) in [6.45, 7) is 0. The minimum absolute atomic E-state index is 1.83. The Morgan fingerprint density at radius 2 is 1.22 bits per heavy atom. The first kappa shape index (κ1) is 16.8. The molecule has 0 saturated carbocycles. The quantitative estimate of drug-likeness (QED) is 0.807. The van der Waals surface area contributed by atoms with E-state index in [1.165, 1.54) is 0 Å². The van der Waals surface area contributed by atoms with Crippen molar-refractivity contribution in [1.29, 1.82) is 0 Å². The van der Waals surface area contributed by atoms with Gasteiger partial charge in [-0.1, -0.05) is 0 Å². The summed E-state index contributed by atoms with van der Waals surface area (Å²) in [5.41, 5.74) is -5.99. The Labute approximate surface area is 93.4 Å². The summed E-state index contributed by atoms with van der Waals surface area (Å²) in [4.78, 5) is 9.89. The first-order valence-electron chi connectivity index (χ1n) is 4.09. The molecule has 0 rings (SSSR count). The lowest BCUT2D eigenvalue weighted by Gasteiger charge is -2.35. The van der Waals surface area contributed by atoms with Crippen molar-refractivity contribution in [2.75, 3.05) is 0 Å². The van der Waals surface area contributed by atoms with Crippen LogP contribution in [0.15, 0.2) is 0 Å². The summed E-state index contributed by atoms with van der Waals surface area (Å²) in [7, 11) is 0. The summed E-state index contributed by atoms with van der Waals surface area (Å²) < 4.78 is 109. The summed E-state index contributed by atoms with van der Waals surface area (Å²) in [6.07, 6.45) is -17.7. The number of halogens is 9. The Kier molecular flexibility index (Phi) is 4.21. The molecular weight excluding hydrogens is 287 g/mol. The van der Waals surface area contributed by atoms with Crippen LogP contribution in [0.4, 0.5) is 39.5 Å². The second-order valence-corrected chi connectivity index (χ2v) is 3.26. The first-order chi connectivity index (χ1) is 7.67. The van der Waals surface area contributed by atoms with Crippen LogP contribution in [-0.4, -0.2) is 35.0 Å². The molecule has 11 heteroatoms. The second-order valence-electron chi connectivity index (χ2n) is 3.26. The molecular formula is C7H5F9O2. The predicted molar refractivity (Wildman–Crippen MR) is 37.8 cm³/mol. The summed E-state index contributed by atoms with van der Waals surface area (Å²) >= 11 is 0. The van der Waals surface area contributed by atoms with E-state index in [1.54, 1.807) is 0 Å². The van der Waals surface area contributed by atoms with Gasteiger partial charge in [-0.2, -0.15) is 35.1 Å². The molecule has 2 nitrogen and oxygen atoms in total. The van der Waals surface area contributed by atoms with Gasteiger partial charge in [0.25, 0.3) is 5.67 Å². The van der Waals surface area contributed by atoms with Crippen molar-refractivity contribution >= 4 is 5.97 Å². The normalized spacial score (nSPS) is 17.4. The Morgan fingerprint density at radius 3 is 1.44 bits per heavy atom. The summed E-state index contributed by atoms with van der Waals surface area (Å²) in [5.74, 6) is -8.88. The highest BCUT2D eigenvalue weighted by Crippen LogP contribution is 2.54. The molecule has 1 atom stereocenters. The van der Waals surface area contributed by atoms with E-state index in [4.69, 9.17) is 5.11 Å². The zero-order valence-corrected chi connectivity index (χ0v) is 8.17. The van der Waals surface area contributed by atoms with E-state index in [0.29, 0.717) is 0 Å². The van der Waals surface area contributed by atoms with Crippen molar-refractivity contribution in [3.8, 4) is 0 Å². The minimum atomic E-state index is -6.80. The fraction of sp³-hybridized carbons (Fsp3) is 0.857. The maximum Gasteiger partial charge on any atom is 0.457 e. The van der Waals surface area contributed by atoms with Gasteiger partial charge in [-0.3, -0.25) is 4.79 Å². The average Bonchev–Trinajstić information content (AvgIpc) is 2.09. The van der Waals surface area contributed by atoms with Crippen molar-refractivity contribution < 1.29 is 49.4 Å². The highest BCUT2D eigenvalue weighted by Gasteiger charge is 2.80. The van der Waals surface area contributed by atoms with Gasteiger partial charge in [0, 0.05) is 12.8 Å². The van der Waals surface area contributed by atoms with Crippen molar-refractivity contribution in [3.05, 3.63) is 0 Å². The van der Waals surface area contributed by atoms with Gasteiger partial charge < -0.3 is 5.11 Å². The van der Waals surface area contributed by atoms with E-state index >= 15 is 0 Å². The molecule has 0 aliphatic rings. The molecule has 0 spiro atoms. The number of carboxylic acids is 1. The molecule has 0 fully saturated rings. The summed E-state index contributed by atoms with van der Waals surface area (Å²) in [5, 5.41) is 7.95. The van der Waals surface area contributed by atoms with E-state index in [-0.39, 0.29) is 0 Å². The van der Waals surface area contributed by atoms with Crippen LogP contribution in [0.25, 0.3) is 0 Å². The molecule has 0 radical (unpaired) electrons. The molecule has 0 amide bonds. The van der Waals surface area contributed by atoms with Crippen LogP contribution in [0.3, 0.4) is 0 Å². The standard InChI is InChI=1S/C7H5F9O2/c8-4(6(11,12)13,2-1-3(17)18)5(9,10)7(14,15)16/h1-2H2,(H,17,18)/t4-/m1/s1. The highest BCUT2D eigenvalue weighted by atomic mass is 19.4. The van der Waals surface area contributed by atoms with Crippen molar-refractivity contribution in [2.24, 2.45) is 0 Å². The molecule has 0 unspecified atom stereocenters. The molecule has 0 aliphatic carbocycles. The number of aliphatic carboxylic acids is 1. The average molecular weight is 292 g/mol. The van der Waals surface area contributed by atoms with Gasteiger partial charge in [-0.15, -0.1) is 0 Å². The Bertz CT molecular complexity index is 318. The molecule has 0 aromatic heterocycles. The monoisotopic (exact) mass is 292 g/mol. The maximum atomic E-state index is 13.1. The largest absolute Gasteiger partial charge is 0.481 e. The molecule has 18 heavy (non-hydrogen) atoms. The van der Waals surface area contributed by atoms with Gasteiger partial charge in [-0.25, -0.2) is 4.39 Å². The molecule has 108 valence electrons. The van der Waals surface area contributed by atoms with Gasteiger partial charge in [0.05, 0.1) is 0 Å². The lowest BCUT2D eigenvalue weighted by molar-refractivity contribution is -0.384. The zero-order valence-electron chi connectivity index (χ0n) is 8.17. The van der Waals surface area contributed by atoms with Gasteiger partial charge in [0.15, 0.2) is 0 Å². The Morgan fingerprint density at radius 1 is 0.833 bits per heavy atom. The third-order valence-electron chi connectivity index (χ3n) is 1.99. The van der Waals surface area contributed by atoms with Crippen LogP contribution in [0, 0.1) is 0 Å². The van der Waals surface area contributed by atoms with E-state index in [9.17, 15) is 44.3 Å². The van der Waals surface area contributed by atoms with E-state index in [1.807, 2.05) is 0 Å². The van der Waals surface area contributed by atoms with Crippen LogP contribution in [-0.2, 0) is 4.79 Å². The number of alkyl halides is 9. The van der Waals surface area contributed by atoms with Crippen molar-refractivity contribution in [1.82, 2.24) is 0 Å². The molecule has 0 aromatic rings. The molecule has 1 N–H and O–H groups in total. The van der Waals surface area contributed by atoms with Gasteiger partial charge >= 0.3 is 24.2 Å². The van der Waals surface area contributed by atoms with Gasteiger partial charge in [0.1, 0.15) is 0 Å². The third-order valence-corrected chi connectivity index (χ3v) is 1.99. The topological polar surface area (TPSA) is 37.3 Å². The summed E-state index contributed by atoms with van der Waals surface area (Å²) in [6, 6.07) is 0. The molecule has 0 heterocycles. The third kappa shape index (κ3) is 2.80. The van der Waals surface area contributed by atoms with Crippen LogP contribution in [0.5, 0.6) is 0 Å². The SMILES string of the molecule is O=C(O)CC[C@](F)(C(F)(F)F)C(F)(F)C(F)(F)F. The van der Waals surface area contributed by atoms with E-state index in [2.05, 4.69) is 0 Å². The van der Waals surface area contributed by atoms with Gasteiger partial charge in [0.2, 0.25) is 0 Å². The highest BCUT2D eigenvalue weighted by molar-refractivity contribution is 5.66. The second kappa shape index (κ2) is 4.50. The van der Waals surface area contributed by atoms with E-state index in [0.717, 1.165) is 0 Å². The first-order valence-corrected chi connectivity index (χ1v) is 4.09. The van der Waals surface area contributed by atoms with Crippen molar-refractivity contribution in [3.63, 3.8) is 0 Å². The zero-order chi connectivity index (χ0) is 15.0. The van der Waals surface area contributed by atoms with Crippen molar-refractivity contribution in [2.45, 2.75) is 36.8 Å². The van der Waals surface area contributed by atoms with Crippen LogP contribution in [0.1, 0.15) is 12.8 Å². The molecule has 0 aliphatic heterocycles. The molecule has 0 bridgehead atoms. The van der Waals surface area contributed by atoms with Crippen LogP contribution >= 0.6 is 0 Å².